The first-order chi connectivity index (χ1) is 16.8. The Morgan fingerprint density at radius 1 is 1.17 bits per heavy atom. The van der Waals surface area contributed by atoms with Gasteiger partial charge in [0.05, 0.1) is 18.9 Å². The zero-order chi connectivity index (χ0) is 24.6. The molecule has 10 nitrogen and oxygen atoms in total. The maximum Gasteiger partial charge on any atom is 0.227 e. The van der Waals surface area contributed by atoms with Crippen molar-refractivity contribution in [1.29, 1.82) is 0 Å². The first-order valence-corrected chi connectivity index (χ1v) is 13.5. The molecule has 5 rings (SSSR count). The lowest BCUT2D eigenvalue weighted by atomic mass is 9.99. The summed E-state index contributed by atoms with van der Waals surface area (Å²) in [5.74, 6) is 1.52. The van der Waals surface area contributed by atoms with Gasteiger partial charge in [-0.25, -0.2) is 12.7 Å². The molecule has 3 aromatic rings. The average Bonchev–Trinajstić information content (AvgIpc) is 3.52. The van der Waals surface area contributed by atoms with Crippen molar-refractivity contribution in [2.24, 2.45) is 5.92 Å². The molecule has 2 aromatic heterocycles. The molecular formula is C24H28N4O6S. The van der Waals surface area contributed by atoms with Crippen LogP contribution in [0.2, 0.25) is 0 Å². The SMILES string of the molecule is CC(c1cc(=O)c(OCC2CCN(S(C)(=O)=O)CC2)co1)N1Cc2ccc(-c3ncon3)cc2C1. The highest BCUT2D eigenvalue weighted by molar-refractivity contribution is 7.88. The number of sulfonamides is 1. The summed E-state index contributed by atoms with van der Waals surface area (Å²) in [6, 6.07) is 7.52. The number of nitrogens with zero attached hydrogens (tertiary/aromatic N) is 4. The van der Waals surface area contributed by atoms with E-state index in [1.54, 1.807) is 0 Å². The van der Waals surface area contributed by atoms with Crippen molar-refractivity contribution in [3.63, 3.8) is 0 Å². The van der Waals surface area contributed by atoms with Gasteiger partial charge >= 0.3 is 0 Å². The number of hydrogen-bond acceptors (Lipinski definition) is 9. The molecule has 1 aromatic carbocycles. The number of benzene rings is 1. The van der Waals surface area contributed by atoms with Crippen LogP contribution in [0, 0.1) is 5.92 Å². The van der Waals surface area contributed by atoms with E-state index in [4.69, 9.17) is 13.7 Å². The van der Waals surface area contributed by atoms with Gasteiger partial charge in [-0.1, -0.05) is 17.3 Å². The second kappa shape index (κ2) is 9.56. The largest absolute Gasteiger partial charge is 0.486 e. The molecule has 186 valence electrons. The maximum atomic E-state index is 12.7. The molecule has 1 atom stereocenters. The summed E-state index contributed by atoms with van der Waals surface area (Å²) >= 11 is 0. The molecule has 0 aliphatic carbocycles. The van der Waals surface area contributed by atoms with E-state index >= 15 is 0 Å². The van der Waals surface area contributed by atoms with Crippen LogP contribution in [0.15, 0.2) is 50.7 Å². The Hall–Kier alpha value is -3.02. The molecule has 0 saturated carbocycles. The quantitative estimate of drug-likeness (QED) is 0.482. The van der Waals surface area contributed by atoms with Crippen molar-refractivity contribution in [2.75, 3.05) is 26.0 Å². The minimum atomic E-state index is -3.16. The summed E-state index contributed by atoms with van der Waals surface area (Å²) in [5, 5.41) is 3.90. The van der Waals surface area contributed by atoms with Crippen molar-refractivity contribution in [1.82, 2.24) is 19.3 Å². The topological polar surface area (TPSA) is 119 Å². The van der Waals surface area contributed by atoms with Crippen LogP contribution in [-0.2, 0) is 23.1 Å². The highest BCUT2D eigenvalue weighted by atomic mass is 32.2. The van der Waals surface area contributed by atoms with Crippen molar-refractivity contribution in [3.8, 4) is 17.1 Å². The number of piperidine rings is 1. The maximum absolute atomic E-state index is 12.7. The summed E-state index contributed by atoms with van der Waals surface area (Å²) < 4.78 is 41.2. The van der Waals surface area contributed by atoms with Gasteiger partial charge in [-0.15, -0.1) is 0 Å². The zero-order valence-corrected chi connectivity index (χ0v) is 20.5. The van der Waals surface area contributed by atoms with Gasteiger partial charge in [0.25, 0.3) is 0 Å². The summed E-state index contributed by atoms with van der Waals surface area (Å²) in [6.07, 6.45) is 5.34. The van der Waals surface area contributed by atoms with Crippen LogP contribution in [-0.4, -0.2) is 53.7 Å². The van der Waals surface area contributed by atoms with Gasteiger partial charge in [0.15, 0.2) is 0 Å². The van der Waals surface area contributed by atoms with Gasteiger partial charge in [0.2, 0.25) is 33.4 Å². The second-order valence-corrected chi connectivity index (χ2v) is 11.2. The van der Waals surface area contributed by atoms with E-state index in [-0.39, 0.29) is 23.1 Å². The standard InChI is InChI=1S/C24H28N4O6S/c1-16(27-11-19-4-3-18(9-20(19)12-27)24-25-15-34-26-24)22-10-21(29)23(14-33-22)32-13-17-5-7-28(8-6-17)35(2,30)31/h3-4,9-10,14-17H,5-8,11-13H2,1-2H3. The summed E-state index contributed by atoms with van der Waals surface area (Å²) in [4.78, 5) is 19.0. The molecule has 11 heteroatoms. The number of fused-ring (bicyclic) bond motifs is 1. The van der Waals surface area contributed by atoms with Gasteiger partial charge in [-0.05, 0) is 42.9 Å². The predicted molar refractivity (Wildman–Crippen MR) is 127 cm³/mol. The van der Waals surface area contributed by atoms with E-state index in [2.05, 4.69) is 27.2 Å². The Bertz CT molecular complexity index is 1350. The smallest absolute Gasteiger partial charge is 0.227 e. The Kier molecular flexibility index (Phi) is 6.47. The third-order valence-electron chi connectivity index (χ3n) is 6.87. The van der Waals surface area contributed by atoms with Gasteiger partial charge in [0, 0.05) is 37.8 Å². The van der Waals surface area contributed by atoms with Gasteiger partial charge in [-0.2, -0.15) is 4.98 Å². The molecule has 2 aliphatic heterocycles. The van der Waals surface area contributed by atoms with Crippen molar-refractivity contribution in [2.45, 2.75) is 38.9 Å². The van der Waals surface area contributed by atoms with Gasteiger partial charge in [-0.3, -0.25) is 9.69 Å². The predicted octanol–water partition coefficient (Wildman–Crippen LogP) is 2.82. The van der Waals surface area contributed by atoms with Crippen LogP contribution in [0.1, 0.15) is 42.7 Å². The number of hydrogen-bond donors (Lipinski definition) is 0. The molecule has 0 N–H and O–H groups in total. The van der Waals surface area contributed by atoms with E-state index in [1.165, 1.54) is 40.4 Å². The molecule has 2 aliphatic rings. The first kappa shape index (κ1) is 23.7. The van der Waals surface area contributed by atoms with E-state index in [9.17, 15) is 13.2 Å². The minimum Gasteiger partial charge on any atom is -0.486 e. The minimum absolute atomic E-state index is 0.0990. The fourth-order valence-corrected chi connectivity index (χ4v) is 5.54. The van der Waals surface area contributed by atoms with E-state index in [0.29, 0.717) is 44.1 Å². The van der Waals surface area contributed by atoms with Gasteiger partial charge < -0.3 is 13.7 Å². The third-order valence-corrected chi connectivity index (χ3v) is 8.17. The highest BCUT2D eigenvalue weighted by Crippen LogP contribution is 2.33. The van der Waals surface area contributed by atoms with Crippen molar-refractivity contribution < 1.29 is 22.1 Å². The Balaban J connectivity index is 1.19. The van der Waals surface area contributed by atoms with Crippen molar-refractivity contribution >= 4 is 10.0 Å². The van der Waals surface area contributed by atoms with Crippen LogP contribution in [0.5, 0.6) is 5.75 Å². The highest BCUT2D eigenvalue weighted by Gasteiger charge is 2.28. The normalized spacial score (nSPS) is 18.5. The fourth-order valence-electron chi connectivity index (χ4n) is 4.66. The molecule has 1 unspecified atom stereocenters. The van der Waals surface area contributed by atoms with Crippen LogP contribution in [0.4, 0.5) is 0 Å². The monoisotopic (exact) mass is 500 g/mol. The first-order valence-electron chi connectivity index (χ1n) is 11.6. The zero-order valence-electron chi connectivity index (χ0n) is 19.7. The lowest BCUT2D eigenvalue weighted by Gasteiger charge is -2.29. The lowest BCUT2D eigenvalue weighted by molar-refractivity contribution is 0.173. The average molecular weight is 501 g/mol. The Morgan fingerprint density at radius 3 is 2.63 bits per heavy atom. The third kappa shape index (κ3) is 5.16. The fraction of sp³-hybridized carbons (Fsp3) is 0.458. The molecule has 35 heavy (non-hydrogen) atoms. The molecular weight excluding hydrogens is 472 g/mol. The number of rotatable bonds is 7. The van der Waals surface area contributed by atoms with E-state index in [1.807, 2.05) is 13.0 Å². The molecule has 0 amide bonds. The van der Waals surface area contributed by atoms with E-state index in [0.717, 1.165) is 18.7 Å². The van der Waals surface area contributed by atoms with Crippen LogP contribution in [0.25, 0.3) is 11.4 Å². The van der Waals surface area contributed by atoms with Crippen molar-refractivity contribution in [3.05, 3.63) is 64.0 Å². The lowest BCUT2D eigenvalue weighted by Crippen LogP contribution is -2.39. The summed E-state index contributed by atoms with van der Waals surface area (Å²) in [6.45, 7) is 4.80. The second-order valence-electron chi connectivity index (χ2n) is 9.25. The molecule has 0 spiro atoms. The number of aromatic nitrogens is 2. The Labute approximate surface area is 203 Å². The van der Waals surface area contributed by atoms with Crippen LogP contribution >= 0.6 is 0 Å². The molecule has 1 saturated heterocycles. The summed E-state index contributed by atoms with van der Waals surface area (Å²) in [7, 11) is -3.16. The molecule has 0 bridgehead atoms. The summed E-state index contributed by atoms with van der Waals surface area (Å²) in [5.41, 5.74) is 3.08. The van der Waals surface area contributed by atoms with Crippen LogP contribution in [0.3, 0.4) is 0 Å². The Morgan fingerprint density at radius 2 is 1.94 bits per heavy atom. The molecule has 0 radical (unpaired) electrons. The van der Waals surface area contributed by atoms with Gasteiger partial charge in [0.1, 0.15) is 12.0 Å². The van der Waals surface area contributed by atoms with Crippen LogP contribution < -0.4 is 10.2 Å². The molecule has 1 fully saturated rings. The van der Waals surface area contributed by atoms with E-state index < -0.39 is 10.0 Å². The molecule has 4 heterocycles. The number of ether oxygens (including phenoxy) is 1.